The summed E-state index contributed by atoms with van der Waals surface area (Å²) in [5.74, 6) is -1.43. The van der Waals surface area contributed by atoms with Crippen LogP contribution in [0.15, 0.2) is 12.1 Å². The van der Waals surface area contributed by atoms with Gasteiger partial charge in [0, 0.05) is 25.7 Å². The molecule has 94 valence electrons. The first-order valence-electron chi connectivity index (χ1n) is 5.61. The summed E-state index contributed by atoms with van der Waals surface area (Å²) in [6.45, 7) is 0.687. The molecule has 0 aromatic heterocycles. The molecule has 0 saturated heterocycles. The molecule has 1 aliphatic carbocycles. The lowest BCUT2D eigenvalue weighted by molar-refractivity contribution is 0.0465. The topological polar surface area (TPSA) is 49.5 Å². The van der Waals surface area contributed by atoms with Gasteiger partial charge in [-0.05, 0) is 18.8 Å². The average molecular weight is 242 g/mol. The van der Waals surface area contributed by atoms with Crippen molar-refractivity contribution in [2.45, 2.75) is 18.9 Å². The van der Waals surface area contributed by atoms with Crippen molar-refractivity contribution in [3.63, 3.8) is 0 Å². The fraction of sp³-hybridized carbons (Fsp3) is 0.500. The van der Waals surface area contributed by atoms with Gasteiger partial charge in [-0.25, -0.2) is 8.78 Å². The molecule has 0 heterocycles. The molecule has 0 radical (unpaired) electrons. The fourth-order valence-electron chi connectivity index (χ4n) is 2.22. The van der Waals surface area contributed by atoms with E-state index >= 15 is 0 Å². The van der Waals surface area contributed by atoms with E-state index in [4.69, 9.17) is 5.73 Å². The third-order valence-electron chi connectivity index (χ3n) is 3.22. The van der Waals surface area contributed by atoms with Crippen LogP contribution in [0.1, 0.15) is 12.8 Å². The zero-order valence-corrected chi connectivity index (χ0v) is 9.66. The molecule has 3 nitrogen and oxygen atoms in total. The Hall–Kier alpha value is -1.36. The number of aliphatic hydroxyl groups is 1. The van der Waals surface area contributed by atoms with Gasteiger partial charge in [0.15, 0.2) is 11.6 Å². The molecule has 1 saturated carbocycles. The number of nitrogens with two attached hydrogens (primary N) is 1. The molecule has 1 aromatic carbocycles. The van der Waals surface area contributed by atoms with E-state index in [1.165, 1.54) is 0 Å². The average Bonchev–Trinajstić information content (AvgIpc) is 2.21. The Balaban J connectivity index is 2.08. The molecule has 1 aliphatic rings. The third-order valence-corrected chi connectivity index (χ3v) is 3.22. The SMILES string of the molecule is CN(CC1CC(O)C1)c1cc(F)c(F)cc1N. The fourth-order valence-corrected chi connectivity index (χ4v) is 2.22. The molecule has 3 N–H and O–H groups in total. The van der Waals surface area contributed by atoms with Gasteiger partial charge in [0.25, 0.3) is 0 Å². The van der Waals surface area contributed by atoms with E-state index < -0.39 is 11.6 Å². The molecule has 0 aliphatic heterocycles. The zero-order valence-electron chi connectivity index (χ0n) is 9.66. The summed E-state index contributed by atoms with van der Waals surface area (Å²) in [7, 11) is 1.79. The minimum Gasteiger partial charge on any atom is -0.397 e. The van der Waals surface area contributed by atoms with Crippen LogP contribution in [0.2, 0.25) is 0 Å². The van der Waals surface area contributed by atoms with Crippen molar-refractivity contribution in [3.05, 3.63) is 23.8 Å². The Bertz CT molecular complexity index is 419. The van der Waals surface area contributed by atoms with Gasteiger partial charge < -0.3 is 15.7 Å². The van der Waals surface area contributed by atoms with Gasteiger partial charge >= 0.3 is 0 Å². The molecular weight excluding hydrogens is 226 g/mol. The number of hydrogen-bond donors (Lipinski definition) is 2. The maximum absolute atomic E-state index is 13.1. The van der Waals surface area contributed by atoms with Crippen LogP contribution >= 0.6 is 0 Å². The molecule has 0 unspecified atom stereocenters. The van der Waals surface area contributed by atoms with Crippen LogP contribution in [-0.2, 0) is 0 Å². The van der Waals surface area contributed by atoms with Crippen LogP contribution in [0.4, 0.5) is 20.2 Å². The largest absolute Gasteiger partial charge is 0.397 e. The van der Waals surface area contributed by atoms with Crippen LogP contribution < -0.4 is 10.6 Å². The zero-order chi connectivity index (χ0) is 12.6. The summed E-state index contributed by atoms with van der Waals surface area (Å²) in [5.41, 5.74) is 6.37. The quantitative estimate of drug-likeness (QED) is 0.794. The van der Waals surface area contributed by atoms with Gasteiger partial charge in [-0.2, -0.15) is 0 Å². The summed E-state index contributed by atoms with van der Waals surface area (Å²) < 4.78 is 26.0. The van der Waals surface area contributed by atoms with E-state index in [2.05, 4.69) is 0 Å². The van der Waals surface area contributed by atoms with Crippen molar-refractivity contribution in [2.75, 3.05) is 24.2 Å². The second-order valence-corrected chi connectivity index (χ2v) is 4.70. The van der Waals surface area contributed by atoms with Crippen molar-refractivity contribution < 1.29 is 13.9 Å². The van der Waals surface area contributed by atoms with E-state index in [0.717, 1.165) is 25.0 Å². The number of rotatable bonds is 3. The van der Waals surface area contributed by atoms with Crippen LogP contribution in [0.25, 0.3) is 0 Å². The number of aliphatic hydroxyl groups excluding tert-OH is 1. The molecule has 0 spiro atoms. The Morgan fingerprint density at radius 3 is 2.53 bits per heavy atom. The molecule has 0 atom stereocenters. The molecule has 0 amide bonds. The first-order valence-corrected chi connectivity index (χ1v) is 5.61. The predicted molar refractivity (Wildman–Crippen MR) is 62.8 cm³/mol. The van der Waals surface area contributed by atoms with Crippen molar-refractivity contribution in [1.82, 2.24) is 0 Å². The second kappa shape index (κ2) is 4.49. The Morgan fingerprint density at radius 2 is 1.94 bits per heavy atom. The maximum Gasteiger partial charge on any atom is 0.161 e. The smallest absolute Gasteiger partial charge is 0.161 e. The maximum atomic E-state index is 13.1. The number of anilines is 2. The molecule has 1 aromatic rings. The number of nitrogen functional groups attached to an aromatic ring is 1. The minimum atomic E-state index is -0.932. The van der Waals surface area contributed by atoms with E-state index in [1.807, 2.05) is 0 Å². The monoisotopic (exact) mass is 242 g/mol. The first-order chi connectivity index (χ1) is 7.97. The molecule has 2 rings (SSSR count). The first kappa shape index (κ1) is 12.1. The standard InChI is InChI=1S/C12H16F2N2O/c1-16(6-7-2-8(17)3-7)12-5-10(14)9(13)4-11(12)15/h4-5,7-8,17H,2-3,6,15H2,1H3. The van der Waals surface area contributed by atoms with Gasteiger partial charge in [-0.15, -0.1) is 0 Å². The van der Waals surface area contributed by atoms with E-state index in [-0.39, 0.29) is 11.8 Å². The van der Waals surface area contributed by atoms with Crippen LogP contribution in [0.3, 0.4) is 0 Å². The van der Waals surface area contributed by atoms with Crippen LogP contribution in [0.5, 0.6) is 0 Å². The molecule has 0 bridgehead atoms. The van der Waals surface area contributed by atoms with Crippen molar-refractivity contribution >= 4 is 11.4 Å². The lowest BCUT2D eigenvalue weighted by Gasteiger charge is -2.35. The van der Waals surface area contributed by atoms with E-state index in [9.17, 15) is 13.9 Å². The molecule has 17 heavy (non-hydrogen) atoms. The molecular formula is C12H16F2N2O. The Morgan fingerprint density at radius 1 is 1.35 bits per heavy atom. The third kappa shape index (κ3) is 2.49. The van der Waals surface area contributed by atoms with Crippen LogP contribution in [-0.4, -0.2) is 24.8 Å². The highest BCUT2D eigenvalue weighted by Gasteiger charge is 2.28. The molecule has 1 fully saturated rings. The second-order valence-electron chi connectivity index (χ2n) is 4.70. The highest BCUT2D eigenvalue weighted by atomic mass is 19.2. The summed E-state index contributed by atoms with van der Waals surface area (Å²) in [6, 6.07) is 2.11. The highest BCUT2D eigenvalue weighted by molar-refractivity contribution is 5.67. The van der Waals surface area contributed by atoms with Crippen molar-refractivity contribution in [2.24, 2.45) is 5.92 Å². The number of halogens is 2. The van der Waals surface area contributed by atoms with Gasteiger partial charge in [0.1, 0.15) is 0 Å². The number of benzene rings is 1. The normalized spacial score (nSPS) is 23.3. The molecule has 5 heteroatoms. The summed E-state index contributed by atoms with van der Waals surface area (Å²) in [5, 5.41) is 9.18. The minimum absolute atomic E-state index is 0.212. The predicted octanol–water partition coefficient (Wildman–Crippen LogP) is 1.75. The highest BCUT2D eigenvalue weighted by Crippen LogP contribution is 2.31. The van der Waals surface area contributed by atoms with Gasteiger partial charge in [0.2, 0.25) is 0 Å². The van der Waals surface area contributed by atoms with Gasteiger partial charge in [-0.3, -0.25) is 0 Å². The lowest BCUT2D eigenvalue weighted by atomic mass is 9.82. The van der Waals surface area contributed by atoms with Crippen molar-refractivity contribution in [3.8, 4) is 0 Å². The van der Waals surface area contributed by atoms with E-state index in [0.29, 0.717) is 18.2 Å². The lowest BCUT2D eigenvalue weighted by Crippen LogP contribution is -2.37. The summed E-state index contributed by atoms with van der Waals surface area (Å²) in [4.78, 5) is 1.80. The summed E-state index contributed by atoms with van der Waals surface area (Å²) >= 11 is 0. The Labute approximate surface area is 98.8 Å². The van der Waals surface area contributed by atoms with Gasteiger partial charge in [0.05, 0.1) is 17.5 Å². The Kier molecular flexibility index (Phi) is 3.19. The van der Waals surface area contributed by atoms with E-state index in [1.54, 1.807) is 11.9 Å². The van der Waals surface area contributed by atoms with Crippen LogP contribution in [0, 0.1) is 17.6 Å². The number of hydrogen-bond acceptors (Lipinski definition) is 3. The van der Waals surface area contributed by atoms with Gasteiger partial charge in [-0.1, -0.05) is 0 Å². The number of nitrogens with zero attached hydrogens (tertiary/aromatic N) is 1. The van der Waals surface area contributed by atoms with Crippen molar-refractivity contribution in [1.29, 1.82) is 0 Å². The summed E-state index contributed by atoms with van der Waals surface area (Å²) in [6.07, 6.45) is 1.30.